The van der Waals surface area contributed by atoms with E-state index in [1.807, 2.05) is 0 Å². The molecule has 0 spiro atoms. The first-order valence-electron chi connectivity index (χ1n) is 3.22. The molecule has 0 aromatic carbocycles. The van der Waals surface area contributed by atoms with Crippen LogP contribution in [0, 0.1) is 0 Å². The third-order valence-electron chi connectivity index (χ3n) is 1.47. The van der Waals surface area contributed by atoms with E-state index < -0.39 is 5.97 Å². The highest BCUT2D eigenvalue weighted by molar-refractivity contribution is 5.99. The molecule has 5 heteroatoms. The van der Waals surface area contributed by atoms with Crippen LogP contribution in [0.5, 0.6) is 0 Å². The average molecular weight is 164 g/mol. The van der Waals surface area contributed by atoms with E-state index in [0.717, 1.165) is 0 Å². The van der Waals surface area contributed by atoms with E-state index in [0.29, 0.717) is 11.0 Å². The fourth-order valence-corrected chi connectivity index (χ4v) is 0.937. The van der Waals surface area contributed by atoms with Crippen LogP contribution in [0.15, 0.2) is 23.0 Å². The summed E-state index contributed by atoms with van der Waals surface area (Å²) in [5.41, 5.74) is 0.334. The Balaban J connectivity index is 2.79. The quantitative estimate of drug-likeness (QED) is 0.678. The topological polar surface area (TPSA) is 76.2 Å². The molecule has 0 aliphatic carbocycles. The molecule has 0 unspecified atom stereocenters. The second-order valence-electron chi connectivity index (χ2n) is 2.21. The lowest BCUT2D eigenvalue weighted by Crippen LogP contribution is -1.96. The van der Waals surface area contributed by atoms with Crippen LogP contribution in [0.4, 0.5) is 0 Å². The summed E-state index contributed by atoms with van der Waals surface area (Å²) in [6.07, 6.45) is 2.93. The van der Waals surface area contributed by atoms with Crippen LogP contribution < -0.4 is 0 Å². The zero-order valence-corrected chi connectivity index (χ0v) is 5.89. The molecule has 0 atom stereocenters. The molecule has 5 nitrogen and oxygen atoms in total. The molecule has 0 aliphatic rings. The van der Waals surface area contributed by atoms with Gasteiger partial charge in [0.05, 0.1) is 5.39 Å². The summed E-state index contributed by atoms with van der Waals surface area (Å²) >= 11 is 0. The molecule has 0 aliphatic heterocycles. The van der Waals surface area contributed by atoms with Crippen LogP contribution >= 0.6 is 0 Å². The molecular weight excluding hydrogens is 160 g/mol. The van der Waals surface area contributed by atoms with Crippen LogP contribution in [-0.4, -0.2) is 21.2 Å². The van der Waals surface area contributed by atoms with Crippen LogP contribution in [0.1, 0.15) is 10.5 Å². The number of hydrogen-bond donors (Lipinski definition) is 1. The van der Waals surface area contributed by atoms with Gasteiger partial charge in [-0.2, -0.15) is 0 Å². The van der Waals surface area contributed by atoms with Gasteiger partial charge >= 0.3 is 5.97 Å². The molecule has 2 rings (SSSR count). The average Bonchev–Trinajstić information content (AvgIpc) is 2.47. The number of pyridine rings is 1. The Hall–Kier alpha value is -1.91. The van der Waals surface area contributed by atoms with Gasteiger partial charge in [-0.05, 0) is 0 Å². The molecular formula is C7H4N2O3. The highest BCUT2D eigenvalue weighted by Crippen LogP contribution is 2.15. The number of aromatic nitrogens is 2. The van der Waals surface area contributed by atoms with Crippen molar-refractivity contribution in [2.45, 2.75) is 0 Å². The van der Waals surface area contributed by atoms with Crippen molar-refractivity contribution in [2.24, 2.45) is 0 Å². The third-order valence-corrected chi connectivity index (χ3v) is 1.47. The summed E-state index contributed by atoms with van der Waals surface area (Å²) in [4.78, 5) is 14.3. The molecule has 0 radical (unpaired) electrons. The maximum absolute atomic E-state index is 10.5. The van der Waals surface area contributed by atoms with Crippen molar-refractivity contribution in [3.05, 3.63) is 24.2 Å². The van der Waals surface area contributed by atoms with E-state index >= 15 is 0 Å². The molecule has 2 heterocycles. The Bertz CT molecular complexity index is 435. The van der Waals surface area contributed by atoms with E-state index in [1.54, 1.807) is 6.07 Å². The van der Waals surface area contributed by atoms with Crippen LogP contribution in [0.2, 0.25) is 0 Å². The number of carboxylic acids is 1. The minimum Gasteiger partial charge on any atom is -0.476 e. The van der Waals surface area contributed by atoms with Gasteiger partial charge in [-0.25, -0.2) is 4.79 Å². The van der Waals surface area contributed by atoms with Gasteiger partial charge in [0.2, 0.25) is 5.69 Å². The Morgan fingerprint density at radius 2 is 2.42 bits per heavy atom. The molecule has 60 valence electrons. The fraction of sp³-hybridized carbons (Fsp3) is 0. The number of carboxylic acid groups (broad SMARTS) is 1. The Kier molecular flexibility index (Phi) is 1.30. The van der Waals surface area contributed by atoms with Gasteiger partial charge in [0.1, 0.15) is 0 Å². The van der Waals surface area contributed by atoms with Crippen molar-refractivity contribution in [1.82, 2.24) is 10.1 Å². The van der Waals surface area contributed by atoms with Crippen molar-refractivity contribution in [3.8, 4) is 0 Å². The summed E-state index contributed by atoms with van der Waals surface area (Å²) in [7, 11) is 0. The van der Waals surface area contributed by atoms with Crippen LogP contribution in [-0.2, 0) is 0 Å². The minimum absolute atomic E-state index is 0.0990. The molecule has 0 fully saturated rings. The summed E-state index contributed by atoms with van der Waals surface area (Å²) < 4.78 is 4.74. The second kappa shape index (κ2) is 2.30. The molecule has 0 saturated heterocycles. The maximum atomic E-state index is 10.5. The molecule has 2 aromatic rings. The zero-order chi connectivity index (χ0) is 8.55. The first kappa shape index (κ1) is 6.78. The number of hydrogen-bond acceptors (Lipinski definition) is 4. The Labute approximate surface area is 66.6 Å². The van der Waals surface area contributed by atoms with Crippen LogP contribution in [0.25, 0.3) is 11.0 Å². The SMILES string of the molecule is O=C(O)c1noc2ccncc12. The fourth-order valence-electron chi connectivity index (χ4n) is 0.937. The smallest absolute Gasteiger partial charge is 0.358 e. The number of aromatic carboxylic acids is 1. The lowest BCUT2D eigenvalue weighted by molar-refractivity contribution is 0.0688. The summed E-state index contributed by atoms with van der Waals surface area (Å²) in [5.74, 6) is -1.11. The third kappa shape index (κ3) is 0.833. The van der Waals surface area contributed by atoms with E-state index in [-0.39, 0.29) is 5.69 Å². The molecule has 12 heavy (non-hydrogen) atoms. The molecule has 0 bridgehead atoms. The van der Waals surface area contributed by atoms with Gasteiger partial charge in [-0.3, -0.25) is 4.98 Å². The lowest BCUT2D eigenvalue weighted by Gasteiger charge is -1.84. The maximum Gasteiger partial charge on any atom is 0.358 e. The molecule has 1 N–H and O–H groups in total. The number of carbonyl (C=O) groups is 1. The van der Waals surface area contributed by atoms with Gasteiger partial charge in [-0.1, -0.05) is 5.16 Å². The van der Waals surface area contributed by atoms with Crippen LogP contribution in [0.3, 0.4) is 0 Å². The Morgan fingerprint density at radius 1 is 1.58 bits per heavy atom. The minimum atomic E-state index is -1.11. The molecule has 0 amide bonds. The van der Waals surface area contributed by atoms with E-state index in [1.165, 1.54) is 12.4 Å². The van der Waals surface area contributed by atoms with Gasteiger partial charge in [0.15, 0.2) is 5.58 Å². The molecule has 0 saturated carbocycles. The first-order valence-corrected chi connectivity index (χ1v) is 3.22. The van der Waals surface area contributed by atoms with Crippen molar-refractivity contribution in [3.63, 3.8) is 0 Å². The predicted octanol–water partition coefficient (Wildman–Crippen LogP) is 0.921. The Morgan fingerprint density at radius 3 is 3.17 bits per heavy atom. The van der Waals surface area contributed by atoms with Crippen molar-refractivity contribution in [2.75, 3.05) is 0 Å². The van der Waals surface area contributed by atoms with Gasteiger partial charge in [-0.15, -0.1) is 0 Å². The summed E-state index contributed by atoms with van der Waals surface area (Å²) in [6.45, 7) is 0. The summed E-state index contributed by atoms with van der Waals surface area (Å²) in [5, 5.41) is 12.4. The largest absolute Gasteiger partial charge is 0.476 e. The number of fused-ring (bicyclic) bond motifs is 1. The van der Waals surface area contributed by atoms with Gasteiger partial charge in [0, 0.05) is 18.5 Å². The van der Waals surface area contributed by atoms with Crippen molar-refractivity contribution >= 4 is 16.9 Å². The number of nitrogens with zero attached hydrogens (tertiary/aromatic N) is 2. The predicted molar refractivity (Wildman–Crippen MR) is 38.8 cm³/mol. The summed E-state index contributed by atoms with van der Waals surface area (Å²) in [6, 6.07) is 1.56. The normalized spacial score (nSPS) is 10.3. The number of rotatable bonds is 1. The second-order valence-corrected chi connectivity index (χ2v) is 2.21. The van der Waals surface area contributed by atoms with E-state index in [9.17, 15) is 4.79 Å². The van der Waals surface area contributed by atoms with Gasteiger partial charge < -0.3 is 9.63 Å². The van der Waals surface area contributed by atoms with Gasteiger partial charge in [0.25, 0.3) is 0 Å². The van der Waals surface area contributed by atoms with E-state index in [4.69, 9.17) is 9.63 Å². The molecule has 2 aromatic heterocycles. The standard InChI is InChI=1S/C7H4N2O3/c10-7(11)6-4-3-8-2-1-5(4)12-9-6/h1-3H,(H,10,11). The first-order chi connectivity index (χ1) is 5.79. The zero-order valence-electron chi connectivity index (χ0n) is 5.89. The highest BCUT2D eigenvalue weighted by atomic mass is 16.5. The highest BCUT2D eigenvalue weighted by Gasteiger charge is 2.13. The van der Waals surface area contributed by atoms with E-state index in [2.05, 4.69) is 10.1 Å². The van der Waals surface area contributed by atoms with Crippen molar-refractivity contribution in [1.29, 1.82) is 0 Å². The lowest BCUT2D eigenvalue weighted by atomic mass is 10.3. The monoisotopic (exact) mass is 164 g/mol. The van der Waals surface area contributed by atoms with Crippen molar-refractivity contribution < 1.29 is 14.4 Å².